The number of hydrogen-bond acceptors (Lipinski definition) is 5. The van der Waals surface area contributed by atoms with Gasteiger partial charge in [0.1, 0.15) is 0 Å². The van der Waals surface area contributed by atoms with Gasteiger partial charge in [0.15, 0.2) is 5.16 Å². The molecule has 2 aromatic heterocycles. The molecule has 4 heterocycles. The predicted molar refractivity (Wildman–Crippen MR) is 94.8 cm³/mol. The van der Waals surface area contributed by atoms with Crippen molar-refractivity contribution in [2.75, 3.05) is 17.2 Å². The number of nitrogens with zero attached hydrogens (tertiary/aromatic N) is 5. The van der Waals surface area contributed by atoms with Gasteiger partial charge in [-0.25, -0.2) is 9.97 Å². The number of anilines is 1. The van der Waals surface area contributed by atoms with E-state index in [1.165, 1.54) is 24.0 Å². The van der Waals surface area contributed by atoms with Gasteiger partial charge in [0.2, 0.25) is 11.9 Å². The number of aromatic nitrogens is 4. The molecule has 0 N–H and O–H groups in total. The van der Waals surface area contributed by atoms with Crippen molar-refractivity contribution >= 4 is 34.7 Å². The van der Waals surface area contributed by atoms with Crippen LogP contribution in [-0.2, 0) is 17.9 Å². The molecule has 7 nitrogen and oxygen atoms in total. The van der Waals surface area contributed by atoms with Crippen molar-refractivity contribution in [2.45, 2.75) is 18.2 Å². The Labute approximate surface area is 147 Å². The van der Waals surface area contributed by atoms with Crippen LogP contribution in [0.25, 0.3) is 11.0 Å². The maximum Gasteiger partial charge on any atom is 0.254 e. The maximum atomic E-state index is 13.1. The number of carbonyl (C=O) groups excluding carboxylic acids is 1. The third-order valence-electron chi connectivity index (χ3n) is 4.75. The highest BCUT2D eigenvalue weighted by molar-refractivity contribution is 7.99. The minimum atomic E-state index is -0.245. The van der Waals surface area contributed by atoms with E-state index in [0.29, 0.717) is 29.9 Å². The number of carbonyl (C=O) groups is 1. The van der Waals surface area contributed by atoms with E-state index in [4.69, 9.17) is 0 Å². The number of para-hydroxylation sites is 2. The summed E-state index contributed by atoms with van der Waals surface area (Å²) in [5.74, 6) is 1.13. The van der Waals surface area contributed by atoms with E-state index in [0.717, 1.165) is 17.6 Å². The van der Waals surface area contributed by atoms with Crippen molar-refractivity contribution in [3.63, 3.8) is 0 Å². The molecule has 2 aliphatic rings. The summed E-state index contributed by atoms with van der Waals surface area (Å²) in [6.45, 7) is 1.76. The Kier molecular flexibility index (Phi) is 3.21. The number of thioether (sulfide) groups is 1. The molecule has 0 saturated heterocycles. The second-order valence-electron chi connectivity index (χ2n) is 6.23. The number of rotatable bonds is 1. The Bertz CT molecular complexity index is 1060. The van der Waals surface area contributed by atoms with Gasteiger partial charge in [0.25, 0.3) is 5.56 Å². The van der Waals surface area contributed by atoms with Crippen LogP contribution in [0.5, 0.6) is 0 Å². The molecule has 1 unspecified atom stereocenters. The summed E-state index contributed by atoms with van der Waals surface area (Å²) in [4.78, 5) is 35.7. The highest BCUT2D eigenvalue weighted by Gasteiger charge is 2.35. The molecule has 0 fully saturated rings. The smallest absolute Gasteiger partial charge is 0.254 e. The summed E-state index contributed by atoms with van der Waals surface area (Å²) in [6.07, 6.45) is 1.52. The lowest BCUT2D eigenvalue weighted by Gasteiger charge is -2.26. The average Bonchev–Trinajstić information content (AvgIpc) is 3.20. The van der Waals surface area contributed by atoms with Crippen molar-refractivity contribution in [3.8, 4) is 0 Å². The monoisotopic (exact) mass is 353 g/mol. The number of hydrogen-bond donors (Lipinski definition) is 0. The van der Waals surface area contributed by atoms with Gasteiger partial charge in [0.05, 0.1) is 17.0 Å². The minimum absolute atomic E-state index is 0.0305. The summed E-state index contributed by atoms with van der Waals surface area (Å²) in [6, 6.07) is 9.35. The first kappa shape index (κ1) is 14.7. The van der Waals surface area contributed by atoms with Crippen LogP contribution in [0.1, 0.15) is 0 Å². The van der Waals surface area contributed by atoms with Crippen LogP contribution in [-0.4, -0.2) is 37.3 Å². The molecule has 126 valence electrons. The van der Waals surface area contributed by atoms with E-state index >= 15 is 0 Å². The molecule has 0 spiro atoms. The summed E-state index contributed by atoms with van der Waals surface area (Å²) in [5, 5.41) is 0.685. The molecule has 8 heteroatoms. The maximum absolute atomic E-state index is 13.1. The van der Waals surface area contributed by atoms with Crippen LogP contribution >= 0.6 is 11.8 Å². The van der Waals surface area contributed by atoms with E-state index in [9.17, 15) is 9.59 Å². The molecule has 3 aromatic rings. The first-order valence-electron chi connectivity index (χ1n) is 8.17. The summed E-state index contributed by atoms with van der Waals surface area (Å²) < 4.78 is 3.68. The van der Waals surface area contributed by atoms with Gasteiger partial charge in [-0.1, -0.05) is 23.9 Å². The van der Waals surface area contributed by atoms with Gasteiger partial charge < -0.3 is 4.57 Å². The van der Waals surface area contributed by atoms with Gasteiger partial charge in [-0.2, -0.15) is 0 Å². The zero-order valence-electron chi connectivity index (χ0n) is 13.3. The van der Waals surface area contributed by atoms with E-state index in [1.807, 2.05) is 24.3 Å². The van der Waals surface area contributed by atoms with E-state index in [2.05, 4.69) is 14.5 Å². The van der Waals surface area contributed by atoms with Crippen molar-refractivity contribution in [2.24, 2.45) is 5.92 Å². The third-order valence-corrected chi connectivity index (χ3v) is 5.91. The molecular weight excluding hydrogens is 338 g/mol. The largest absolute Gasteiger partial charge is 0.308 e. The Morgan fingerprint density at radius 2 is 2.04 bits per heavy atom. The average molecular weight is 353 g/mol. The minimum Gasteiger partial charge on any atom is -0.308 e. The number of benzene rings is 1. The fourth-order valence-corrected chi connectivity index (χ4v) is 4.57. The van der Waals surface area contributed by atoms with Gasteiger partial charge in [-0.3, -0.25) is 19.1 Å². The van der Waals surface area contributed by atoms with Gasteiger partial charge >= 0.3 is 0 Å². The second-order valence-corrected chi connectivity index (χ2v) is 7.21. The highest BCUT2D eigenvalue weighted by atomic mass is 32.2. The van der Waals surface area contributed by atoms with Crippen LogP contribution in [0.4, 0.5) is 5.95 Å². The normalized spacial score (nSPS) is 19.0. The highest BCUT2D eigenvalue weighted by Crippen LogP contribution is 2.31. The zero-order valence-corrected chi connectivity index (χ0v) is 14.1. The Morgan fingerprint density at radius 3 is 2.96 bits per heavy atom. The van der Waals surface area contributed by atoms with Crippen LogP contribution in [0.15, 0.2) is 46.5 Å². The van der Waals surface area contributed by atoms with Gasteiger partial charge in [0, 0.05) is 37.7 Å². The molecule has 1 amide bonds. The van der Waals surface area contributed by atoms with Crippen molar-refractivity contribution in [1.82, 2.24) is 19.1 Å². The molecule has 0 bridgehead atoms. The molecule has 5 rings (SSSR count). The molecule has 0 radical (unpaired) electrons. The SMILES string of the molecule is O=C(C1CSc2nccc(=O)n2C1)N1CCn2c1nc1ccccc12. The van der Waals surface area contributed by atoms with Gasteiger partial charge in [-0.05, 0) is 12.1 Å². The molecule has 0 saturated carbocycles. The third kappa shape index (κ3) is 2.21. The summed E-state index contributed by atoms with van der Waals surface area (Å²) in [7, 11) is 0. The summed E-state index contributed by atoms with van der Waals surface area (Å²) >= 11 is 1.46. The molecule has 1 atom stereocenters. The van der Waals surface area contributed by atoms with Crippen molar-refractivity contribution in [3.05, 3.63) is 46.9 Å². The Morgan fingerprint density at radius 1 is 1.16 bits per heavy atom. The Balaban J connectivity index is 1.47. The molecular formula is C17H15N5O2S. The standard InChI is InChI=1S/C17H15N5O2S/c23-14-5-6-18-17-22(14)9-11(10-25-17)15(24)21-8-7-20-13-4-2-1-3-12(13)19-16(20)21/h1-6,11H,7-10H2. The quantitative estimate of drug-likeness (QED) is 0.618. The molecule has 2 aliphatic heterocycles. The lowest BCUT2D eigenvalue weighted by Crippen LogP contribution is -2.42. The predicted octanol–water partition coefficient (Wildman–Crippen LogP) is 1.36. The van der Waals surface area contributed by atoms with E-state index < -0.39 is 0 Å². The lowest BCUT2D eigenvalue weighted by molar-refractivity contribution is -0.122. The number of imidazole rings is 1. The fraction of sp³-hybridized carbons (Fsp3) is 0.294. The summed E-state index contributed by atoms with van der Waals surface area (Å²) in [5.41, 5.74) is 1.85. The van der Waals surface area contributed by atoms with Gasteiger partial charge in [-0.15, -0.1) is 0 Å². The number of amides is 1. The lowest BCUT2D eigenvalue weighted by atomic mass is 10.1. The Hall–Kier alpha value is -2.61. The first-order valence-corrected chi connectivity index (χ1v) is 9.16. The topological polar surface area (TPSA) is 73.0 Å². The van der Waals surface area contributed by atoms with Crippen LogP contribution in [0.2, 0.25) is 0 Å². The fourth-order valence-electron chi connectivity index (χ4n) is 3.52. The van der Waals surface area contributed by atoms with Crippen molar-refractivity contribution < 1.29 is 4.79 Å². The first-order chi connectivity index (χ1) is 12.2. The van der Waals surface area contributed by atoms with Crippen molar-refractivity contribution in [1.29, 1.82) is 0 Å². The second kappa shape index (κ2) is 5.45. The number of fused-ring (bicyclic) bond motifs is 4. The molecule has 1 aromatic carbocycles. The zero-order chi connectivity index (χ0) is 17.0. The van der Waals surface area contributed by atoms with Crippen LogP contribution in [0.3, 0.4) is 0 Å². The van der Waals surface area contributed by atoms with E-state index in [1.54, 1.807) is 9.47 Å². The van der Waals surface area contributed by atoms with E-state index in [-0.39, 0.29) is 17.4 Å². The molecule has 25 heavy (non-hydrogen) atoms. The van der Waals surface area contributed by atoms with Crippen LogP contribution in [0, 0.1) is 5.92 Å². The van der Waals surface area contributed by atoms with Crippen LogP contribution < -0.4 is 10.5 Å². The molecule has 0 aliphatic carbocycles.